The molecule has 0 amide bonds. The Bertz CT molecular complexity index is 5890. The summed E-state index contributed by atoms with van der Waals surface area (Å²) in [5.41, 5.74) is 24.9. The smallest absolute Gasteiger partial charge is 0.391 e. The summed E-state index contributed by atoms with van der Waals surface area (Å²) in [5.74, 6) is 1.51. The minimum absolute atomic E-state index is 0.0514. The van der Waals surface area contributed by atoms with E-state index in [1.807, 2.05) is 153 Å². The van der Waals surface area contributed by atoms with Gasteiger partial charge in [-0.25, -0.2) is 39.9 Å². The van der Waals surface area contributed by atoms with Gasteiger partial charge in [-0.2, -0.15) is 23.4 Å². The molecule has 1 saturated carbocycles. The summed E-state index contributed by atoms with van der Waals surface area (Å²) in [6.07, 6.45) is 25.4. The van der Waals surface area contributed by atoms with Gasteiger partial charge >= 0.3 is 6.18 Å². The van der Waals surface area contributed by atoms with Crippen molar-refractivity contribution in [3.8, 4) is 80.1 Å². The Hall–Kier alpha value is -12.9. The first-order chi connectivity index (χ1) is 59.4. The summed E-state index contributed by atoms with van der Waals surface area (Å²) >= 11 is 0. The quantitative estimate of drug-likeness (QED) is 0.0413. The van der Waals surface area contributed by atoms with Crippen LogP contribution in [-0.4, -0.2) is 151 Å². The number of pyridine rings is 5. The average Bonchev–Trinajstić information content (AvgIpc) is 1.80. The molecule has 0 bridgehead atoms. The lowest BCUT2D eigenvalue weighted by atomic mass is 9.85. The van der Waals surface area contributed by atoms with Gasteiger partial charge in [-0.15, -0.1) is 30.6 Å². The van der Waals surface area contributed by atoms with Crippen LogP contribution in [0.5, 0.6) is 11.8 Å². The molecule has 123 heavy (non-hydrogen) atoms. The fraction of sp³-hybridized carbons (Fsp3) is 0.380. The molecule has 28 nitrogen and oxygen atoms in total. The van der Waals surface area contributed by atoms with Crippen molar-refractivity contribution in [2.24, 2.45) is 5.92 Å². The highest BCUT2D eigenvalue weighted by atomic mass is 19.4. The zero-order chi connectivity index (χ0) is 87.0. The monoisotopic (exact) mass is 1670 g/mol. The van der Waals surface area contributed by atoms with E-state index in [-0.39, 0.29) is 32.1 Å². The molecule has 2 aliphatic carbocycles. The Morgan fingerprint density at radius 2 is 0.943 bits per heavy atom. The predicted octanol–water partition coefficient (Wildman–Crippen LogP) is 16.9. The van der Waals surface area contributed by atoms with Crippen LogP contribution >= 0.6 is 0 Å². The molecular formula is C92H107F3N24O4. The number of aromatic nitrogens is 22. The maximum absolute atomic E-state index is 12.9. The highest BCUT2D eigenvalue weighted by Gasteiger charge is 2.41. The molecule has 14 aromatic rings. The summed E-state index contributed by atoms with van der Waals surface area (Å²) in [6.45, 7) is 25.0. The molecule has 2 aliphatic rings. The molecule has 0 spiro atoms. The number of nitrogens with one attached hydrogen (secondary N) is 2. The lowest BCUT2D eigenvalue weighted by Crippen LogP contribution is -2.33. The van der Waals surface area contributed by atoms with Crippen LogP contribution in [-0.2, 0) is 45.4 Å². The van der Waals surface area contributed by atoms with Crippen LogP contribution in [0, 0.1) is 61.3 Å². The van der Waals surface area contributed by atoms with E-state index in [1.54, 1.807) is 50.2 Å². The Kier molecular flexibility index (Phi) is 28.7. The van der Waals surface area contributed by atoms with Crippen LogP contribution in [0.25, 0.3) is 68.3 Å². The van der Waals surface area contributed by atoms with Gasteiger partial charge in [0.05, 0.1) is 138 Å². The Balaban J connectivity index is 0.000000141. The van der Waals surface area contributed by atoms with Crippen LogP contribution < -0.4 is 20.1 Å². The van der Waals surface area contributed by atoms with Crippen molar-refractivity contribution < 1.29 is 32.9 Å². The molecule has 1 atom stereocenters. The number of imidazole rings is 4. The van der Waals surface area contributed by atoms with Crippen molar-refractivity contribution in [3.05, 3.63) is 244 Å². The average molecular weight is 1670 g/mol. The molecule has 0 saturated heterocycles. The second-order valence-corrected chi connectivity index (χ2v) is 31.3. The minimum Gasteiger partial charge on any atom is -0.479 e. The number of nitrogens with zero attached hydrogens (tertiary/aromatic N) is 22. The second kappa shape index (κ2) is 40.2. The van der Waals surface area contributed by atoms with Crippen LogP contribution in [0.1, 0.15) is 182 Å². The number of rotatable bonds is 25. The van der Waals surface area contributed by atoms with E-state index in [2.05, 4.69) is 167 Å². The highest BCUT2D eigenvalue weighted by Crippen LogP contribution is 2.39. The molecule has 31 heteroatoms. The number of alkyl halides is 3. The molecule has 1 fully saturated rings. The van der Waals surface area contributed by atoms with Gasteiger partial charge in [0.25, 0.3) is 0 Å². The van der Waals surface area contributed by atoms with Crippen LogP contribution in [0.4, 0.5) is 24.8 Å². The number of anilines is 2. The SMILES string of the molecule is CCC(CC)Nc1nnc(-c2ccc(-n3cnc(C)c3)c(CO)n2)cc1C.CC[C@H](Cc1nnc(-c2ccc(-n3cnc(C)c3)c(OC)n2)cc1C)c1ccc(C)cn1.CCn1cc2c(c1Cc1ccc(-c3ccc(-n4cnc(C)c4)c(OC)n3)nn1)CCCC2.Cc1cn(-c2ccc(-c3cc(C)c(NC4CCC(C(F)(F)F)CC4)nn3)nc2CO)cn1. The molecule has 0 unspecified atom stereocenters. The molecule has 0 aliphatic heterocycles. The molecule has 0 radical (unpaired) electrons. The molecule has 14 aromatic heterocycles. The predicted molar refractivity (Wildman–Crippen MR) is 466 cm³/mol. The molecule has 14 heterocycles. The van der Waals surface area contributed by atoms with E-state index in [0.717, 1.165) is 147 Å². The molecule has 16 rings (SSSR count). The molecule has 4 N–H and O–H groups in total. The minimum atomic E-state index is -4.12. The third kappa shape index (κ3) is 21.5. The largest absolute Gasteiger partial charge is 0.479 e. The summed E-state index contributed by atoms with van der Waals surface area (Å²) in [5, 5.41) is 61.5. The number of methoxy groups -OCH3 is 2. The van der Waals surface area contributed by atoms with E-state index >= 15 is 0 Å². The fourth-order valence-electron chi connectivity index (χ4n) is 15.3. The van der Waals surface area contributed by atoms with E-state index < -0.39 is 12.1 Å². The van der Waals surface area contributed by atoms with Crippen LogP contribution in [0.15, 0.2) is 153 Å². The van der Waals surface area contributed by atoms with E-state index in [0.29, 0.717) is 76.5 Å². The number of aliphatic hydroxyl groups excluding tert-OH is 2. The summed E-state index contributed by atoms with van der Waals surface area (Å²) in [6, 6.07) is 29.7. The number of halogens is 3. The Labute approximate surface area is 714 Å². The molecule has 0 aromatic carbocycles. The first-order valence-corrected chi connectivity index (χ1v) is 41.9. The van der Waals surface area contributed by atoms with Crippen molar-refractivity contribution >= 4 is 11.6 Å². The number of aliphatic hydroxyl groups is 2. The zero-order valence-electron chi connectivity index (χ0n) is 72.2. The van der Waals surface area contributed by atoms with Gasteiger partial charge in [-0.1, -0.05) is 26.8 Å². The summed E-state index contributed by atoms with van der Waals surface area (Å²) in [7, 11) is 3.24. The van der Waals surface area contributed by atoms with Gasteiger partial charge in [0.2, 0.25) is 11.8 Å². The van der Waals surface area contributed by atoms with Crippen molar-refractivity contribution in [2.45, 2.75) is 210 Å². The normalized spacial score (nSPS) is 14.0. The number of hydrogen-bond donors (Lipinski definition) is 4. The van der Waals surface area contributed by atoms with Crippen molar-refractivity contribution in [2.75, 3.05) is 24.9 Å². The zero-order valence-corrected chi connectivity index (χ0v) is 72.2. The number of ether oxygens (including phenoxy) is 2. The fourth-order valence-corrected chi connectivity index (χ4v) is 15.3. The Morgan fingerprint density at radius 3 is 1.38 bits per heavy atom. The summed E-state index contributed by atoms with van der Waals surface area (Å²) in [4.78, 5) is 40.1. The van der Waals surface area contributed by atoms with Gasteiger partial charge in [-0.05, 0) is 251 Å². The van der Waals surface area contributed by atoms with Gasteiger partial charge in [-0.3, -0.25) is 4.98 Å². The second-order valence-electron chi connectivity index (χ2n) is 31.3. The van der Waals surface area contributed by atoms with E-state index in [9.17, 15) is 23.4 Å². The maximum atomic E-state index is 12.9. The Morgan fingerprint density at radius 1 is 0.472 bits per heavy atom. The lowest BCUT2D eigenvalue weighted by Gasteiger charge is -2.30. The van der Waals surface area contributed by atoms with Gasteiger partial charge in [0.15, 0.2) is 11.6 Å². The van der Waals surface area contributed by atoms with Gasteiger partial charge < -0.3 is 53.2 Å². The summed E-state index contributed by atoms with van der Waals surface area (Å²) < 4.78 is 59.5. The van der Waals surface area contributed by atoms with Crippen LogP contribution in [0.2, 0.25) is 0 Å². The van der Waals surface area contributed by atoms with Crippen molar-refractivity contribution in [1.29, 1.82) is 0 Å². The number of hydrogen-bond acceptors (Lipinski definition) is 23. The van der Waals surface area contributed by atoms with Crippen molar-refractivity contribution in [1.82, 2.24) is 108 Å². The molecular weight excluding hydrogens is 1560 g/mol. The topological polar surface area (TPSA) is 327 Å². The van der Waals surface area contributed by atoms with E-state index in [4.69, 9.17) is 9.47 Å². The van der Waals surface area contributed by atoms with Gasteiger partial charge in [0, 0.05) is 86.0 Å². The maximum Gasteiger partial charge on any atom is 0.391 e. The number of aryl methyl sites for hydroxylation is 10. The van der Waals surface area contributed by atoms with Gasteiger partial charge in [0.1, 0.15) is 34.2 Å². The van der Waals surface area contributed by atoms with E-state index in [1.165, 1.54) is 48.1 Å². The van der Waals surface area contributed by atoms with Crippen molar-refractivity contribution in [3.63, 3.8) is 0 Å². The number of fused-ring (bicyclic) bond motifs is 1. The third-order valence-electron chi connectivity index (χ3n) is 22.4. The lowest BCUT2D eigenvalue weighted by molar-refractivity contribution is -0.182. The third-order valence-corrected chi connectivity index (χ3v) is 22.4. The standard InChI is InChI=1S/2C25H28N6O.C22H25F3N6O.C20H26N6O/c1-4-30-15-18-7-5-6-8-20(18)24(30)13-19-9-10-22(29-28-19)21-11-12-23(25(27-21)32-3)31-14-17(2)26-16-31;1-6-19(20-8-7-16(2)13-26-20)12-22-17(3)11-23(30-29-22)21-9-10-24(25(28-21)32-5)31-14-18(4)27-15-31;1-13-9-18(17-7-8-20(19(11-32)28-17)31-10-14(2)26-12-31)29-30-21(13)27-16-5-3-15(4-6-16)22(23,24)25;1-5-15(6-2)22-20-13(3)9-17(24-25-20)16-7-8-19(18(11-27)23-16)26-10-14(4)21-12-26/h9-12,14-16H,4-8,13H2,1-3H3;7-11,13-15,19H,6,12H2,1-5H3;7-10,12,15-16,32H,3-6,11H2,1-2H3,(H,27,30);7-10,12,15,27H,5-6,11H2,1-4H3,(H,22,25)/t;19-;;/m.1../s1. The van der Waals surface area contributed by atoms with Crippen LogP contribution in [0.3, 0.4) is 0 Å². The highest BCUT2D eigenvalue weighted by molar-refractivity contribution is 5.64. The molecule has 640 valence electrons. The first kappa shape index (κ1) is 87.9. The first-order valence-electron chi connectivity index (χ1n) is 41.9.